The first-order chi connectivity index (χ1) is 10.8. The predicted octanol–water partition coefficient (Wildman–Crippen LogP) is 1.08. The van der Waals surface area contributed by atoms with Gasteiger partial charge in [0.15, 0.2) is 0 Å². The largest absolute Gasteiger partial charge is 0.481 e. The average molecular weight is 296 g/mol. The molecule has 0 saturated carbocycles. The zero-order valence-electron chi connectivity index (χ0n) is 12.3. The van der Waals surface area contributed by atoms with E-state index < -0.39 is 0 Å². The molecule has 0 radical (unpaired) electrons. The number of rotatable bonds is 3. The second kappa shape index (κ2) is 6.26. The highest BCUT2D eigenvalue weighted by Crippen LogP contribution is 2.22. The van der Waals surface area contributed by atoms with Gasteiger partial charge in [0.2, 0.25) is 5.88 Å². The van der Waals surface area contributed by atoms with Crippen molar-refractivity contribution in [1.29, 1.82) is 5.26 Å². The van der Waals surface area contributed by atoms with Crippen molar-refractivity contribution in [2.24, 2.45) is 0 Å². The maximum absolute atomic E-state index is 9.19. The van der Waals surface area contributed by atoms with Gasteiger partial charge in [0.25, 0.3) is 0 Å². The molecule has 3 rings (SSSR count). The molecule has 1 aliphatic heterocycles. The second-order valence-electron chi connectivity index (χ2n) is 4.90. The van der Waals surface area contributed by atoms with Gasteiger partial charge in [-0.2, -0.15) is 5.26 Å². The summed E-state index contributed by atoms with van der Waals surface area (Å²) in [5, 5.41) is 9.19. The fraction of sp³-hybridized carbons (Fsp3) is 0.333. The number of pyridine rings is 1. The lowest BCUT2D eigenvalue weighted by Crippen LogP contribution is -2.47. The van der Waals surface area contributed by atoms with Crippen LogP contribution in [0.3, 0.4) is 0 Å². The Bertz CT molecular complexity index is 690. The average Bonchev–Trinajstić information content (AvgIpc) is 2.62. The van der Waals surface area contributed by atoms with Crippen molar-refractivity contribution in [3.63, 3.8) is 0 Å². The van der Waals surface area contributed by atoms with Gasteiger partial charge in [0.05, 0.1) is 24.6 Å². The molecule has 0 aromatic carbocycles. The minimum Gasteiger partial charge on any atom is -0.481 e. The third-order valence-electron chi connectivity index (χ3n) is 3.70. The van der Waals surface area contributed by atoms with Gasteiger partial charge in [-0.3, -0.25) is 4.98 Å². The van der Waals surface area contributed by atoms with Crippen LogP contribution in [0.25, 0.3) is 0 Å². The van der Waals surface area contributed by atoms with E-state index >= 15 is 0 Å². The molecule has 3 heterocycles. The van der Waals surface area contributed by atoms with Gasteiger partial charge in [-0.1, -0.05) is 0 Å². The molecule has 0 unspecified atom stereocenters. The number of nitrogens with zero attached hydrogens (tertiary/aromatic N) is 6. The van der Waals surface area contributed by atoms with Crippen LogP contribution in [0, 0.1) is 11.3 Å². The second-order valence-corrected chi connectivity index (χ2v) is 4.90. The molecular weight excluding hydrogens is 280 g/mol. The molecule has 0 aliphatic carbocycles. The van der Waals surface area contributed by atoms with Crippen molar-refractivity contribution in [3.05, 3.63) is 36.4 Å². The number of aromatic nitrogens is 3. The van der Waals surface area contributed by atoms with Crippen LogP contribution in [0.5, 0.6) is 5.88 Å². The van der Waals surface area contributed by atoms with E-state index in [0.29, 0.717) is 11.4 Å². The molecule has 0 spiro atoms. The summed E-state index contributed by atoms with van der Waals surface area (Å²) in [6.07, 6.45) is 4.91. The third kappa shape index (κ3) is 2.76. The molecule has 22 heavy (non-hydrogen) atoms. The Balaban J connectivity index is 1.71. The summed E-state index contributed by atoms with van der Waals surface area (Å²) in [6.45, 7) is 3.26. The molecule has 0 bridgehead atoms. The van der Waals surface area contributed by atoms with Crippen molar-refractivity contribution in [3.8, 4) is 11.9 Å². The summed E-state index contributed by atoms with van der Waals surface area (Å²) in [7, 11) is 1.59. The van der Waals surface area contributed by atoms with Crippen LogP contribution in [0.15, 0.2) is 30.9 Å². The van der Waals surface area contributed by atoms with Crippen molar-refractivity contribution < 1.29 is 4.74 Å². The zero-order chi connectivity index (χ0) is 15.4. The maximum Gasteiger partial charge on any atom is 0.218 e. The molecule has 0 N–H and O–H groups in total. The number of hydrogen-bond acceptors (Lipinski definition) is 7. The van der Waals surface area contributed by atoms with Crippen LogP contribution in [0.4, 0.5) is 11.5 Å². The van der Waals surface area contributed by atoms with E-state index in [0.717, 1.165) is 37.7 Å². The van der Waals surface area contributed by atoms with Gasteiger partial charge >= 0.3 is 0 Å². The lowest BCUT2D eigenvalue weighted by Gasteiger charge is -2.36. The maximum atomic E-state index is 9.19. The van der Waals surface area contributed by atoms with E-state index in [1.54, 1.807) is 25.6 Å². The van der Waals surface area contributed by atoms with E-state index in [4.69, 9.17) is 4.74 Å². The smallest absolute Gasteiger partial charge is 0.218 e. The van der Waals surface area contributed by atoms with Gasteiger partial charge < -0.3 is 14.5 Å². The molecule has 2 aromatic heterocycles. The molecule has 7 nitrogen and oxygen atoms in total. The topological polar surface area (TPSA) is 78.2 Å². The SMILES string of the molecule is COc1cc(N2CCN(c3cnccc3C#N)CC2)ncn1. The monoisotopic (exact) mass is 296 g/mol. The number of methoxy groups -OCH3 is 1. The fourth-order valence-electron chi connectivity index (χ4n) is 2.52. The number of nitriles is 1. The quantitative estimate of drug-likeness (QED) is 0.838. The summed E-state index contributed by atoms with van der Waals surface area (Å²) >= 11 is 0. The highest BCUT2D eigenvalue weighted by atomic mass is 16.5. The van der Waals surface area contributed by atoms with Crippen LogP contribution in [0.2, 0.25) is 0 Å². The molecule has 1 aliphatic rings. The first-order valence-corrected chi connectivity index (χ1v) is 7.02. The summed E-state index contributed by atoms with van der Waals surface area (Å²) in [5.74, 6) is 1.42. The number of ether oxygens (including phenoxy) is 1. The van der Waals surface area contributed by atoms with Crippen molar-refractivity contribution in [2.75, 3.05) is 43.1 Å². The molecule has 7 heteroatoms. The highest BCUT2D eigenvalue weighted by molar-refractivity contribution is 5.58. The third-order valence-corrected chi connectivity index (χ3v) is 3.70. The standard InChI is InChI=1S/C15H16N6O/c1-22-15-8-14(18-11-19-15)21-6-4-20(5-7-21)13-10-17-3-2-12(13)9-16/h2-3,8,10-11H,4-7H2,1H3. The van der Waals surface area contributed by atoms with Crippen LogP contribution in [-0.2, 0) is 0 Å². The Kier molecular flexibility index (Phi) is 4.01. The van der Waals surface area contributed by atoms with Crippen LogP contribution >= 0.6 is 0 Å². The van der Waals surface area contributed by atoms with Gasteiger partial charge in [-0.15, -0.1) is 0 Å². The number of anilines is 2. The Morgan fingerprint density at radius 2 is 1.95 bits per heavy atom. The first-order valence-electron chi connectivity index (χ1n) is 7.02. The summed E-state index contributed by atoms with van der Waals surface area (Å²) in [4.78, 5) is 16.8. The van der Waals surface area contributed by atoms with Gasteiger partial charge in [-0.05, 0) is 6.07 Å². The predicted molar refractivity (Wildman–Crippen MR) is 82.0 cm³/mol. The molecule has 2 aromatic rings. The molecule has 0 amide bonds. The fourth-order valence-corrected chi connectivity index (χ4v) is 2.52. The van der Waals surface area contributed by atoms with Crippen LogP contribution in [-0.4, -0.2) is 48.2 Å². The number of hydrogen-bond donors (Lipinski definition) is 0. The van der Waals surface area contributed by atoms with E-state index in [1.165, 1.54) is 6.33 Å². The van der Waals surface area contributed by atoms with Gasteiger partial charge in [0.1, 0.15) is 18.2 Å². The molecule has 112 valence electrons. The Labute approximate surface area is 128 Å². The molecule has 0 atom stereocenters. The Hall–Kier alpha value is -2.88. The van der Waals surface area contributed by atoms with Crippen molar-refractivity contribution in [2.45, 2.75) is 0 Å². The molecule has 1 fully saturated rings. The van der Waals surface area contributed by atoms with Crippen LogP contribution in [0.1, 0.15) is 5.56 Å². The minimum atomic E-state index is 0.562. The lowest BCUT2D eigenvalue weighted by molar-refractivity contribution is 0.396. The first kappa shape index (κ1) is 14.1. The molecule has 1 saturated heterocycles. The zero-order valence-corrected chi connectivity index (χ0v) is 12.3. The van der Waals surface area contributed by atoms with E-state index in [2.05, 4.69) is 30.8 Å². The van der Waals surface area contributed by atoms with Crippen LogP contribution < -0.4 is 14.5 Å². The van der Waals surface area contributed by atoms with Gasteiger partial charge in [0, 0.05) is 38.4 Å². The van der Waals surface area contributed by atoms with Crippen molar-refractivity contribution in [1.82, 2.24) is 15.0 Å². The highest BCUT2D eigenvalue weighted by Gasteiger charge is 2.20. The van der Waals surface area contributed by atoms with Gasteiger partial charge in [-0.25, -0.2) is 9.97 Å². The summed E-state index contributed by atoms with van der Waals surface area (Å²) in [6, 6.07) is 5.80. The summed E-state index contributed by atoms with van der Waals surface area (Å²) < 4.78 is 5.13. The normalized spacial score (nSPS) is 14.5. The minimum absolute atomic E-state index is 0.562. The van der Waals surface area contributed by atoms with E-state index in [-0.39, 0.29) is 0 Å². The Morgan fingerprint density at radius 3 is 2.68 bits per heavy atom. The van der Waals surface area contributed by atoms with Crippen molar-refractivity contribution >= 4 is 11.5 Å². The number of piperazine rings is 1. The molecular formula is C15H16N6O. The summed E-state index contributed by atoms with van der Waals surface area (Å²) in [5.41, 5.74) is 1.55. The Morgan fingerprint density at radius 1 is 1.18 bits per heavy atom. The van der Waals surface area contributed by atoms with E-state index in [1.807, 2.05) is 6.07 Å². The lowest BCUT2D eigenvalue weighted by atomic mass is 10.2. The van der Waals surface area contributed by atoms with E-state index in [9.17, 15) is 5.26 Å².